The number of ether oxygens (including phenoxy) is 1. The lowest BCUT2D eigenvalue weighted by Gasteiger charge is -2.23. The molecule has 1 rings (SSSR count). The number of hydrogen-bond acceptors (Lipinski definition) is 3. The van der Waals surface area contributed by atoms with Crippen LogP contribution in [0.1, 0.15) is 32.8 Å². The summed E-state index contributed by atoms with van der Waals surface area (Å²) in [6.07, 6.45) is 1.23. The number of halogens is 1. The Morgan fingerprint density at radius 3 is 2.14 bits per heavy atom. The van der Waals surface area contributed by atoms with Crippen LogP contribution in [0.25, 0.3) is 0 Å². The molecule has 21 heavy (non-hydrogen) atoms. The van der Waals surface area contributed by atoms with E-state index >= 15 is 0 Å². The zero-order valence-electron chi connectivity index (χ0n) is 13.9. The van der Waals surface area contributed by atoms with Crippen molar-refractivity contribution in [3.05, 3.63) is 28.2 Å². The van der Waals surface area contributed by atoms with Gasteiger partial charge in [0.25, 0.3) is 0 Å². The van der Waals surface area contributed by atoms with Crippen molar-refractivity contribution >= 4 is 15.9 Å². The highest BCUT2D eigenvalue weighted by molar-refractivity contribution is 9.10. The third-order valence-electron chi connectivity index (χ3n) is 3.91. The first kappa shape index (κ1) is 18.5. The molecule has 0 saturated heterocycles. The molecule has 0 aromatic heterocycles. The molecule has 0 unspecified atom stereocenters. The van der Waals surface area contributed by atoms with Gasteiger partial charge in [0.05, 0.1) is 11.6 Å². The Hall–Kier alpha value is -0.580. The summed E-state index contributed by atoms with van der Waals surface area (Å²) in [7, 11) is 1.70. The Kier molecular flexibility index (Phi) is 8.97. The largest absolute Gasteiger partial charge is 0.496 e. The van der Waals surface area contributed by atoms with E-state index in [0.717, 1.165) is 42.9 Å². The Morgan fingerprint density at radius 2 is 1.62 bits per heavy atom. The van der Waals surface area contributed by atoms with Gasteiger partial charge in [-0.3, -0.25) is 4.90 Å². The second-order valence-corrected chi connectivity index (χ2v) is 6.07. The van der Waals surface area contributed by atoms with E-state index in [0.29, 0.717) is 0 Å². The van der Waals surface area contributed by atoms with Crippen LogP contribution in [-0.2, 0) is 6.54 Å². The van der Waals surface area contributed by atoms with Gasteiger partial charge in [0.15, 0.2) is 0 Å². The molecule has 0 amide bonds. The van der Waals surface area contributed by atoms with Crippen LogP contribution in [0.2, 0.25) is 0 Å². The Balaban J connectivity index is 2.48. The third kappa shape index (κ3) is 6.37. The molecule has 0 heterocycles. The van der Waals surface area contributed by atoms with Crippen molar-refractivity contribution in [3.63, 3.8) is 0 Å². The maximum Gasteiger partial charge on any atom is 0.133 e. The molecule has 0 aliphatic carbocycles. The van der Waals surface area contributed by atoms with E-state index < -0.39 is 0 Å². The van der Waals surface area contributed by atoms with Crippen LogP contribution >= 0.6 is 15.9 Å². The van der Waals surface area contributed by atoms with Crippen molar-refractivity contribution in [3.8, 4) is 5.75 Å². The SMILES string of the molecule is CCN(CC)CCCN(CC)Cc1ccc(OC)c(Br)c1. The first-order chi connectivity index (χ1) is 10.1. The van der Waals surface area contributed by atoms with Gasteiger partial charge >= 0.3 is 0 Å². The molecule has 1 aromatic carbocycles. The molecule has 0 saturated carbocycles. The molecular formula is C17H29BrN2O. The van der Waals surface area contributed by atoms with Crippen molar-refractivity contribution in [2.75, 3.05) is 39.8 Å². The minimum absolute atomic E-state index is 0.892. The van der Waals surface area contributed by atoms with Gasteiger partial charge in [-0.2, -0.15) is 0 Å². The maximum absolute atomic E-state index is 5.28. The summed E-state index contributed by atoms with van der Waals surface area (Å²) in [5.41, 5.74) is 1.33. The van der Waals surface area contributed by atoms with Gasteiger partial charge in [-0.25, -0.2) is 0 Å². The minimum Gasteiger partial charge on any atom is -0.496 e. The highest BCUT2D eigenvalue weighted by Crippen LogP contribution is 2.26. The molecule has 0 spiro atoms. The normalized spacial score (nSPS) is 11.4. The van der Waals surface area contributed by atoms with Crippen molar-refractivity contribution in [1.82, 2.24) is 9.80 Å². The van der Waals surface area contributed by atoms with Crippen LogP contribution in [0.4, 0.5) is 0 Å². The van der Waals surface area contributed by atoms with Gasteiger partial charge in [-0.15, -0.1) is 0 Å². The van der Waals surface area contributed by atoms with Crippen molar-refractivity contribution in [2.45, 2.75) is 33.7 Å². The van der Waals surface area contributed by atoms with E-state index in [4.69, 9.17) is 4.74 Å². The topological polar surface area (TPSA) is 15.7 Å². The Morgan fingerprint density at radius 1 is 1.00 bits per heavy atom. The van der Waals surface area contributed by atoms with Crippen molar-refractivity contribution < 1.29 is 4.74 Å². The summed E-state index contributed by atoms with van der Waals surface area (Å²) < 4.78 is 6.31. The molecular weight excluding hydrogens is 328 g/mol. The average molecular weight is 357 g/mol. The molecule has 4 heteroatoms. The fourth-order valence-electron chi connectivity index (χ4n) is 2.47. The van der Waals surface area contributed by atoms with E-state index in [2.05, 4.69) is 58.6 Å². The first-order valence-electron chi connectivity index (χ1n) is 7.91. The zero-order valence-corrected chi connectivity index (χ0v) is 15.4. The van der Waals surface area contributed by atoms with Crippen LogP contribution in [0.3, 0.4) is 0 Å². The number of methoxy groups -OCH3 is 1. The zero-order chi connectivity index (χ0) is 15.7. The smallest absolute Gasteiger partial charge is 0.133 e. The van der Waals surface area contributed by atoms with E-state index in [1.165, 1.54) is 18.5 Å². The third-order valence-corrected chi connectivity index (χ3v) is 4.53. The molecule has 3 nitrogen and oxygen atoms in total. The monoisotopic (exact) mass is 356 g/mol. The summed E-state index contributed by atoms with van der Waals surface area (Å²) >= 11 is 3.56. The molecule has 0 aliphatic rings. The van der Waals surface area contributed by atoms with E-state index in [9.17, 15) is 0 Å². The van der Waals surface area contributed by atoms with Crippen molar-refractivity contribution in [1.29, 1.82) is 0 Å². The standard InChI is InChI=1S/C17H29BrN2O/c1-5-19(6-2)11-8-12-20(7-3)14-15-9-10-17(21-4)16(18)13-15/h9-10,13H,5-8,11-12,14H2,1-4H3. The fraction of sp³-hybridized carbons (Fsp3) is 0.647. The highest BCUT2D eigenvalue weighted by Gasteiger charge is 2.07. The predicted molar refractivity (Wildman–Crippen MR) is 94.1 cm³/mol. The van der Waals surface area contributed by atoms with Crippen LogP contribution in [0.15, 0.2) is 22.7 Å². The van der Waals surface area contributed by atoms with Gasteiger partial charge in [0, 0.05) is 6.54 Å². The molecule has 0 fully saturated rings. The van der Waals surface area contributed by atoms with Gasteiger partial charge in [-0.05, 0) is 72.8 Å². The first-order valence-corrected chi connectivity index (χ1v) is 8.70. The predicted octanol–water partition coefficient (Wildman–Crippen LogP) is 4.01. The summed E-state index contributed by atoms with van der Waals surface area (Å²) in [5.74, 6) is 0.892. The van der Waals surface area contributed by atoms with Crippen LogP contribution < -0.4 is 4.74 Å². The average Bonchev–Trinajstić information content (AvgIpc) is 2.50. The molecule has 120 valence electrons. The van der Waals surface area contributed by atoms with Crippen molar-refractivity contribution in [2.24, 2.45) is 0 Å². The van der Waals surface area contributed by atoms with Crippen LogP contribution in [-0.4, -0.2) is 49.6 Å². The lowest BCUT2D eigenvalue weighted by Crippen LogP contribution is -2.29. The molecule has 0 bridgehead atoms. The fourth-order valence-corrected chi connectivity index (χ4v) is 3.06. The van der Waals surface area contributed by atoms with E-state index in [-0.39, 0.29) is 0 Å². The van der Waals surface area contributed by atoms with Crippen LogP contribution in [0.5, 0.6) is 5.75 Å². The Bertz CT molecular complexity index is 408. The summed E-state index contributed by atoms with van der Waals surface area (Å²) in [4.78, 5) is 4.98. The quantitative estimate of drug-likeness (QED) is 0.629. The van der Waals surface area contributed by atoms with Gasteiger partial charge in [-0.1, -0.05) is 26.8 Å². The molecule has 0 atom stereocenters. The summed E-state index contributed by atoms with van der Waals surface area (Å²) in [6.45, 7) is 13.4. The number of benzene rings is 1. The molecule has 0 aliphatic heterocycles. The Labute approximate surface area is 138 Å². The lowest BCUT2D eigenvalue weighted by molar-refractivity contribution is 0.238. The molecule has 0 radical (unpaired) electrons. The molecule has 0 N–H and O–H groups in total. The van der Waals surface area contributed by atoms with Crippen LogP contribution in [0, 0.1) is 0 Å². The second kappa shape index (κ2) is 10.2. The minimum atomic E-state index is 0.892. The number of rotatable bonds is 10. The van der Waals surface area contributed by atoms with Gasteiger partial charge < -0.3 is 9.64 Å². The number of nitrogens with zero attached hydrogens (tertiary/aromatic N) is 2. The lowest BCUT2D eigenvalue weighted by atomic mass is 10.2. The van der Waals surface area contributed by atoms with Gasteiger partial charge in [0.1, 0.15) is 5.75 Å². The second-order valence-electron chi connectivity index (χ2n) is 5.22. The maximum atomic E-state index is 5.28. The molecule has 1 aromatic rings. The number of hydrogen-bond donors (Lipinski definition) is 0. The summed E-state index contributed by atoms with van der Waals surface area (Å²) in [5, 5.41) is 0. The summed E-state index contributed by atoms with van der Waals surface area (Å²) in [6, 6.07) is 6.34. The van der Waals surface area contributed by atoms with E-state index in [1.54, 1.807) is 7.11 Å². The highest BCUT2D eigenvalue weighted by atomic mass is 79.9. The van der Waals surface area contributed by atoms with Gasteiger partial charge in [0.2, 0.25) is 0 Å². The van der Waals surface area contributed by atoms with E-state index in [1.807, 2.05) is 6.07 Å².